The number of benzene rings is 1. The Bertz CT molecular complexity index is 379. The lowest BCUT2D eigenvalue weighted by atomic mass is 9.85. The zero-order valence-corrected chi connectivity index (χ0v) is 15.7. The zero-order chi connectivity index (χ0) is 17.9. The molecule has 0 saturated carbocycles. The molecule has 3 N–H and O–H groups in total. The van der Waals surface area contributed by atoms with Crippen molar-refractivity contribution in [1.29, 1.82) is 0 Å². The molecule has 0 aliphatic rings. The lowest BCUT2D eigenvalue weighted by Crippen LogP contribution is -2.04. The third-order valence-corrected chi connectivity index (χ3v) is 5.09. The quantitative estimate of drug-likeness (QED) is 0.533. The molecule has 0 spiro atoms. The molecule has 3 unspecified atom stereocenters. The van der Waals surface area contributed by atoms with Crippen LogP contribution in [0.15, 0.2) is 18.2 Å². The Morgan fingerprint density at radius 2 is 0.833 bits per heavy atom. The lowest BCUT2D eigenvalue weighted by Gasteiger charge is -2.21. The molecule has 0 aliphatic carbocycles. The Morgan fingerprint density at radius 3 is 1.04 bits per heavy atom. The first kappa shape index (κ1) is 21.1. The second-order valence-electron chi connectivity index (χ2n) is 7.23. The number of aliphatic hydroxyl groups is 3. The van der Waals surface area contributed by atoms with Crippen molar-refractivity contribution in [3.63, 3.8) is 0 Å². The predicted molar refractivity (Wildman–Crippen MR) is 101 cm³/mol. The summed E-state index contributed by atoms with van der Waals surface area (Å²) in [6.07, 6.45) is 5.49. The van der Waals surface area contributed by atoms with Crippen molar-refractivity contribution in [2.24, 2.45) is 0 Å². The summed E-state index contributed by atoms with van der Waals surface area (Å²) in [6, 6.07) is 6.94. The monoisotopic (exact) mass is 336 g/mol. The maximum absolute atomic E-state index is 9.09. The maximum atomic E-state index is 9.09. The molecule has 3 heteroatoms. The fourth-order valence-electron chi connectivity index (χ4n) is 3.25. The molecule has 24 heavy (non-hydrogen) atoms. The van der Waals surface area contributed by atoms with Crippen molar-refractivity contribution in [3.05, 3.63) is 34.9 Å². The first-order valence-electron chi connectivity index (χ1n) is 9.50. The molecule has 3 atom stereocenters. The van der Waals surface area contributed by atoms with E-state index in [2.05, 4.69) is 39.0 Å². The van der Waals surface area contributed by atoms with Crippen LogP contribution in [0.3, 0.4) is 0 Å². The molecule has 0 aromatic heterocycles. The van der Waals surface area contributed by atoms with Gasteiger partial charge in [0.05, 0.1) is 0 Å². The SMILES string of the molecule is CC(CCCO)c1cc(C(C)CCCO)cc(C(C)CCCO)c1. The lowest BCUT2D eigenvalue weighted by molar-refractivity contribution is 0.280. The first-order valence-corrected chi connectivity index (χ1v) is 9.50. The van der Waals surface area contributed by atoms with Crippen molar-refractivity contribution < 1.29 is 15.3 Å². The van der Waals surface area contributed by atoms with Crippen molar-refractivity contribution in [2.75, 3.05) is 19.8 Å². The summed E-state index contributed by atoms with van der Waals surface area (Å²) in [5.74, 6) is 1.31. The van der Waals surface area contributed by atoms with Crippen LogP contribution in [0.5, 0.6) is 0 Å². The van der Waals surface area contributed by atoms with E-state index in [-0.39, 0.29) is 19.8 Å². The number of hydrogen-bond acceptors (Lipinski definition) is 3. The van der Waals surface area contributed by atoms with Crippen LogP contribution in [-0.2, 0) is 0 Å². The van der Waals surface area contributed by atoms with E-state index in [1.807, 2.05) is 0 Å². The van der Waals surface area contributed by atoms with E-state index in [1.54, 1.807) is 0 Å². The Hall–Kier alpha value is -0.900. The van der Waals surface area contributed by atoms with Gasteiger partial charge in [-0.25, -0.2) is 0 Å². The van der Waals surface area contributed by atoms with Gasteiger partial charge in [0.1, 0.15) is 0 Å². The van der Waals surface area contributed by atoms with Gasteiger partial charge in [0.25, 0.3) is 0 Å². The first-order chi connectivity index (χ1) is 11.5. The van der Waals surface area contributed by atoms with Gasteiger partial charge in [-0.1, -0.05) is 39.0 Å². The summed E-state index contributed by atoms with van der Waals surface area (Å²) in [6.45, 7) is 7.43. The highest BCUT2D eigenvalue weighted by atomic mass is 16.3. The van der Waals surface area contributed by atoms with Crippen LogP contribution in [0.1, 0.15) is 93.7 Å². The normalized spacial score (nSPS) is 15.2. The fourth-order valence-corrected chi connectivity index (χ4v) is 3.25. The predicted octanol–water partition coefficient (Wildman–Crippen LogP) is 4.31. The van der Waals surface area contributed by atoms with E-state index in [0.717, 1.165) is 38.5 Å². The largest absolute Gasteiger partial charge is 0.396 e. The molecule has 0 fully saturated rings. The van der Waals surface area contributed by atoms with Gasteiger partial charge < -0.3 is 15.3 Å². The van der Waals surface area contributed by atoms with Crippen molar-refractivity contribution >= 4 is 0 Å². The van der Waals surface area contributed by atoms with Gasteiger partial charge in [-0.2, -0.15) is 0 Å². The van der Waals surface area contributed by atoms with Crippen LogP contribution in [0.25, 0.3) is 0 Å². The summed E-state index contributed by atoms with van der Waals surface area (Å²) in [5, 5.41) is 27.3. The molecular formula is C21H36O3. The summed E-state index contributed by atoms with van der Waals surface area (Å²) in [5.41, 5.74) is 4.05. The van der Waals surface area contributed by atoms with Crippen LogP contribution in [0.2, 0.25) is 0 Å². The van der Waals surface area contributed by atoms with Crippen LogP contribution in [0, 0.1) is 0 Å². The second-order valence-corrected chi connectivity index (χ2v) is 7.23. The topological polar surface area (TPSA) is 60.7 Å². The molecule has 138 valence electrons. The Morgan fingerprint density at radius 1 is 0.583 bits per heavy atom. The molecule has 0 amide bonds. The van der Waals surface area contributed by atoms with Crippen LogP contribution >= 0.6 is 0 Å². The van der Waals surface area contributed by atoms with E-state index in [4.69, 9.17) is 15.3 Å². The average molecular weight is 337 g/mol. The van der Waals surface area contributed by atoms with Gasteiger partial charge in [0.15, 0.2) is 0 Å². The minimum atomic E-state index is 0.247. The average Bonchev–Trinajstić information content (AvgIpc) is 2.61. The molecule has 1 aromatic carbocycles. The highest BCUT2D eigenvalue weighted by molar-refractivity contribution is 5.35. The molecule has 0 heterocycles. The Balaban J connectivity index is 3.03. The molecule has 0 saturated heterocycles. The molecular weight excluding hydrogens is 300 g/mol. The summed E-state index contributed by atoms with van der Waals surface area (Å²) in [7, 11) is 0. The molecule has 1 aromatic rings. The molecule has 1 rings (SSSR count). The van der Waals surface area contributed by atoms with Gasteiger partial charge in [0.2, 0.25) is 0 Å². The Kier molecular flexibility index (Phi) is 10.2. The van der Waals surface area contributed by atoms with Gasteiger partial charge in [-0.3, -0.25) is 0 Å². The zero-order valence-electron chi connectivity index (χ0n) is 15.7. The van der Waals surface area contributed by atoms with E-state index in [0.29, 0.717) is 17.8 Å². The summed E-state index contributed by atoms with van der Waals surface area (Å²) < 4.78 is 0. The van der Waals surface area contributed by atoms with Crippen molar-refractivity contribution in [1.82, 2.24) is 0 Å². The number of hydrogen-bond donors (Lipinski definition) is 3. The van der Waals surface area contributed by atoms with Gasteiger partial charge in [-0.05, 0) is 73.0 Å². The highest BCUT2D eigenvalue weighted by Gasteiger charge is 2.15. The van der Waals surface area contributed by atoms with Crippen LogP contribution in [0.4, 0.5) is 0 Å². The van der Waals surface area contributed by atoms with Gasteiger partial charge >= 0.3 is 0 Å². The van der Waals surface area contributed by atoms with Crippen molar-refractivity contribution in [3.8, 4) is 0 Å². The van der Waals surface area contributed by atoms with Crippen molar-refractivity contribution in [2.45, 2.75) is 77.0 Å². The van der Waals surface area contributed by atoms with Gasteiger partial charge in [-0.15, -0.1) is 0 Å². The number of rotatable bonds is 12. The Labute approximate surface area is 147 Å². The summed E-state index contributed by atoms with van der Waals surface area (Å²) in [4.78, 5) is 0. The third-order valence-electron chi connectivity index (χ3n) is 5.09. The van der Waals surface area contributed by atoms with Gasteiger partial charge in [0, 0.05) is 19.8 Å². The minimum absolute atomic E-state index is 0.247. The highest BCUT2D eigenvalue weighted by Crippen LogP contribution is 2.32. The molecule has 3 nitrogen and oxygen atoms in total. The van der Waals surface area contributed by atoms with E-state index < -0.39 is 0 Å². The van der Waals surface area contributed by atoms with Crippen LogP contribution < -0.4 is 0 Å². The third kappa shape index (κ3) is 6.92. The van der Waals surface area contributed by atoms with Crippen LogP contribution in [-0.4, -0.2) is 35.1 Å². The molecule has 0 bridgehead atoms. The molecule has 0 aliphatic heterocycles. The standard InChI is InChI=1S/C21H36O3/c1-16(7-4-10-22)19-13-20(17(2)8-5-11-23)15-21(14-19)18(3)9-6-12-24/h13-18,22-24H,4-12H2,1-3H3. The maximum Gasteiger partial charge on any atom is 0.0431 e. The van der Waals surface area contributed by atoms with E-state index in [1.165, 1.54) is 16.7 Å². The smallest absolute Gasteiger partial charge is 0.0431 e. The summed E-state index contributed by atoms with van der Waals surface area (Å²) >= 11 is 0. The molecule has 0 radical (unpaired) electrons. The minimum Gasteiger partial charge on any atom is -0.396 e. The number of aliphatic hydroxyl groups excluding tert-OH is 3. The second kappa shape index (κ2) is 11.6. The van der Waals surface area contributed by atoms with E-state index >= 15 is 0 Å². The fraction of sp³-hybridized carbons (Fsp3) is 0.714. The van der Waals surface area contributed by atoms with E-state index in [9.17, 15) is 0 Å².